The molecule has 0 aliphatic heterocycles. The number of nitrogen functional groups attached to an aromatic ring is 1. The number of benzene rings is 1. The molecular weight excluding hydrogens is 230 g/mol. The average molecular weight is 243 g/mol. The zero-order chi connectivity index (χ0) is 12.7. The summed E-state index contributed by atoms with van der Waals surface area (Å²) in [4.78, 5) is 10.9. The van der Waals surface area contributed by atoms with Crippen LogP contribution in [0.4, 0.5) is 5.69 Å². The maximum atomic E-state index is 10.9. The number of anilines is 1. The zero-order valence-electron chi connectivity index (χ0n) is 9.71. The van der Waals surface area contributed by atoms with Gasteiger partial charge in [0.15, 0.2) is 0 Å². The predicted octanol–water partition coefficient (Wildman–Crippen LogP) is 2.03. The second-order valence-electron chi connectivity index (χ2n) is 4.54. The molecule has 0 saturated heterocycles. The Bertz CT molecular complexity index is 614. The van der Waals surface area contributed by atoms with Crippen LogP contribution in [0.3, 0.4) is 0 Å². The average Bonchev–Trinajstić information content (AvgIpc) is 3.06. The van der Waals surface area contributed by atoms with Gasteiger partial charge in [-0.2, -0.15) is 5.10 Å². The third-order valence-corrected chi connectivity index (χ3v) is 3.14. The van der Waals surface area contributed by atoms with Crippen molar-refractivity contribution in [3.05, 3.63) is 41.7 Å². The van der Waals surface area contributed by atoms with Crippen LogP contribution in [0, 0.1) is 0 Å². The molecule has 1 aromatic heterocycles. The highest BCUT2D eigenvalue weighted by molar-refractivity contribution is 5.94. The highest BCUT2D eigenvalue weighted by Gasteiger charge is 2.25. The van der Waals surface area contributed by atoms with Crippen molar-refractivity contribution < 1.29 is 9.90 Å². The van der Waals surface area contributed by atoms with Gasteiger partial charge in [0.2, 0.25) is 0 Å². The summed E-state index contributed by atoms with van der Waals surface area (Å²) in [7, 11) is 0. The Morgan fingerprint density at radius 3 is 2.78 bits per heavy atom. The molecule has 1 heterocycles. The van der Waals surface area contributed by atoms with E-state index in [4.69, 9.17) is 10.8 Å². The summed E-state index contributed by atoms with van der Waals surface area (Å²) in [6, 6.07) is 6.85. The quantitative estimate of drug-likeness (QED) is 0.808. The van der Waals surface area contributed by atoms with Gasteiger partial charge in [-0.25, -0.2) is 9.48 Å². The second kappa shape index (κ2) is 3.87. The lowest BCUT2D eigenvalue weighted by molar-refractivity contribution is 0.0698. The molecule has 0 unspecified atom stereocenters. The van der Waals surface area contributed by atoms with Crippen molar-refractivity contribution in [1.82, 2.24) is 9.78 Å². The maximum Gasteiger partial charge on any atom is 0.337 e. The molecule has 18 heavy (non-hydrogen) atoms. The summed E-state index contributed by atoms with van der Waals surface area (Å²) in [5.41, 5.74) is 7.96. The van der Waals surface area contributed by atoms with E-state index in [2.05, 4.69) is 5.10 Å². The fourth-order valence-electron chi connectivity index (χ4n) is 1.97. The monoisotopic (exact) mass is 243 g/mol. The number of carboxylic acid groups (broad SMARTS) is 1. The van der Waals surface area contributed by atoms with Crippen molar-refractivity contribution in [2.45, 2.75) is 18.8 Å². The molecule has 92 valence electrons. The van der Waals surface area contributed by atoms with Crippen LogP contribution in [0.15, 0.2) is 30.5 Å². The number of hydrogen-bond acceptors (Lipinski definition) is 3. The zero-order valence-corrected chi connectivity index (χ0v) is 9.71. The first-order chi connectivity index (χ1) is 8.65. The molecule has 1 aliphatic carbocycles. The van der Waals surface area contributed by atoms with Crippen molar-refractivity contribution in [2.24, 2.45) is 0 Å². The Morgan fingerprint density at radius 2 is 2.17 bits per heavy atom. The Labute approximate surface area is 104 Å². The van der Waals surface area contributed by atoms with Crippen LogP contribution in [0.25, 0.3) is 5.69 Å². The number of aromatic carboxylic acids is 1. The molecule has 0 amide bonds. The number of aromatic nitrogens is 2. The Hall–Kier alpha value is -2.30. The molecule has 1 saturated carbocycles. The van der Waals surface area contributed by atoms with E-state index in [1.165, 1.54) is 18.9 Å². The molecular formula is C13H13N3O2. The smallest absolute Gasteiger partial charge is 0.337 e. The number of nitrogens with zero attached hydrogens (tertiary/aromatic N) is 2. The fourth-order valence-corrected chi connectivity index (χ4v) is 1.97. The lowest BCUT2D eigenvalue weighted by Crippen LogP contribution is -2.04. The first-order valence-electron chi connectivity index (χ1n) is 5.84. The standard InChI is InChI=1S/C13H13N3O2/c14-11-7-9(3-4-10(11)13(17)18)16-6-5-12(15-16)8-1-2-8/h3-8H,1-2,14H2,(H,17,18). The maximum absolute atomic E-state index is 10.9. The highest BCUT2D eigenvalue weighted by atomic mass is 16.4. The van der Waals surface area contributed by atoms with Crippen molar-refractivity contribution in [2.75, 3.05) is 5.73 Å². The molecule has 3 N–H and O–H groups in total. The summed E-state index contributed by atoms with van der Waals surface area (Å²) in [5.74, 6) is -0.417. The lowest BCUT2D eigenvalue weighted by Gasteiger charge is -2.05. The molecule has 1 fully saturated rings. The van der Waals surface area contributed by atoms with E-state index in [9.17, 15) is 4.79 Å². The van der Waals surface area contributed by atoms with Gasteiger partial charge in [-0.15, -0.1) is 0 Å². The highest BCUT2D eigenvalue weighted by Crippen LogP contribution is 2.39. The van der Waals surface area contributed by atoms with E-state index >= 15 is 0 Å². The largest absolute Gasteiger partial charge is 0.478 e. The molecule has 0 bridgehead atoms. The third-order valence-electron chi connectivity index (χ3n) is 3.14. The SMILES string of the molecule is Nc1cc(-n2ccc(C3CC3)n2)ccc1C(=O)O. The summed E-state index contributed by atoms with van der Waals surface area (Å²) in [5, 5.41) is 13.4. The number of rotatable bonds is 3. The first-order valence-corrected chi connectivity index (χ1v) is 5.84. The molecule has 0 spiro atoms. The second-order valence-corrected chi connectivity index (χ2v) is 4.54. The van der Waals surface area contributed by atoms with E-state index in [0.29, 0.717) is 5.92 Å². The van der Waals surface area contributed by atoms with Crippen LogP contribution >= 0.6 is 0 Å². The Morgan fingerprint density at radius 1 is 1.39 bits per heavy atom. The normalized spacial score (nSPS) is 14.7. The molecule has 5 nitrogen and oxygen atoms in total. The fraction of sp³-hybridized carbons (Fsp3) is 0.231. The van der Waals surface area contributed by atoms with Gasteiger partial charge in [-0.3, -0.25) is 0 Å². The van der Waals surface area contributed by atoms with E-state index in [-0.39, 0.29) is 11.3 Å². The van der Waals surface area contributed by atoms with Gasteiger partial charge in [0, 0.05) is 17.8 Å². The molecule has 0 radical (unpaired) electrons. The summed E-state index contributed by atoms with van der Waals surface area (Å²) >= 11 is 0. The van der Waals surface area contributed by atoms with Gasteiger partial charge < -0.3 is 10.8 Å². The number of nitrogens with two attached hydrogens (primary N) is 1. The minimum absolute atomic E-state index is 0.119. The number of carbonyl (C=O) groups is 1. The summed E-state index contributed by atoms with van der Waals surface area (Å²) in [6.45, 7) is 0. The summed E-state index contributed by atoms with van der Waals surface area (Å²) in [6.07, 6.45) is 4.29. The first kappa shape index (κ1) is 10.8. The van der Waals surface area contributed by atoms with Crippen LogP contribution in [-0.4, -0.2) is 20.9 Å². The van der Waals surface area contributed by atoms with Gasteiger partial charge >= 0.3 is 5.97 Å². The van der Waals surface area contributed by atoms with E-state index in [1.54, 1.807) is 16.8 Å². The molecule has 3 rings (SSSR count). The molecule has 1 aromatic carbocycles. The van der Waals surface area contributed by atoms with Crippen LogP contribution in [0.1, 0.15) is 34.8 Å². The van der Waals surface area contributed by atoms with Crippen molar-refractivity contribution in [3.63, 3.8) is 0 Å². The lowest BCUT2D eigenvalue weighted by atomic mass is 10.1. The van der Waals surface area contributed by atoms with Crippen molar-refractivity contribution >= 4 is 11.7 Å². The Balaban J connectivity index is 1.95. The molecule has 1 aliphatic rings. The molecule has 2 aromatic rings. The van der Waals surface area contributed by atoms with Crippen LogP contribution in [-0.2, 0) is 0 Å². The van der Waals surface area contributed by atoms with Gasteiger partial charge in [-0.05, 0) is 37.1 Å². The van der Waals surface area contributed by atoms with E-state index in [1.807, 2.05) is 12.3 Å². The predicted molar refractivity (Wildman–Crippen MR) is 66.9 cm³/mol. The number of carboxylic acids is 1. The minimum Gasteiger partial charge on any atom is -0.478 e. The summed E-state index contributed by atoms with van der Waals surface area (Å²) < 4.78 is 1.73. The van der Waals surface area contributed by atoms with Crippen LogP contribution in [0.2, 0.25) is 0 Å². The Kier molecular flexibility index (Phi) is 2.33. The van der Waals surface area contributed by atoms with E-state index in [0.717, 1.165) is 11.4 Å². The van der Waals surface area contributed by atoms with Gasteiger partial charge in [0.1, 0.15) is 0 Å². The van der Waals surface area contributed by atoms with Gasteiger partial charge in [0.25, 0.3) is 0 Å². The molecule has 0 atom stereocenters. The number of hydrogen-bond donors (Lipinski definition) is 2. The molecule has 5 heteroatoms. The third kappa shape index (κ3) is 1.84. The van der Waals surface area contributed by atoms with Gasteiger partial charge in [-0.1, -0.05) is 0 Å². The topological polar surface area (TPSA) is 81.1 Å². The minimum atomic E-state index is -1.02. The van der Waals surface area contributed by atoms with Crippen LogP contribution in [0.5, 0.6) is 0 Å². The van der Waals surface area contributed by atoms with Crippen LogP contribution < -0.4 is 5.73 Å². The van der Waals surface area contributed by atoms with E-state index < -0.39 is 5.97 Å². The van der Waals surface area contributed by atoms with Crippen molar-refractivity contribution in [3.8, 4) is 5.69 Å². The van der Waals surface area contributed by atoms with Gasteiger partial charge in [0.05, 0.1) is 16.9 Å². The van der Waals surface area contributed by atoms with Crippen molar-refractivity contribution in [1.29, 1.82) is 0 Å².